The monoisotopic (exact) mass is 428 g/mol. The van der Waals surface area contributed by atoms with Crippen molar-refractivity contribution in [2.24, 2.45) is 0 Å². The predicted molar refractivity (Wildman–Crippen MR) is 121 cm³/mol. The van der Waals surface area contributed by atoms with E-state index >= 15 is 4.39 Å². The molecule has 1 aliphatic carbocycles. The third kappa shape index (κ3) is 6.03. The predicted octanol–water partition coefficient (Wildman–Crippen LogP) is 8.30. The molecule has 0 heterocycles. The van der Waals surface area contributed by atoms with Crippen LogP contribution in [-0.4, -0.2) is 6.61 Å². The number of allylic oxidation sites excluding steroid dienone is 4. The zero-order valence-corrected chi connectivity index (χ0v) is 18.2. The van der Waals surface area contributed by atoms with Crippen LogP contribution in [0.3, 0.4) is 0 Å². The van der Waals surface area contributed by atoms with E-state index in [9.17, 15) is 8.78 Å². The molecule has 0 aromatic heterocycles. The van der Waals surface area contributed by atoms with Crippen LogP contribution in [-0.2, 0) is 5.67 Å². The van der Waals surface area contributed by atoms with Crippen LogP contribution in [0.1, 0.15) is 69.4 Å². The van der Waals surface area contributed by atoms with Gasteiger partial charge in [0.2, 0.25) is 0 Å². The van der Waals surface area contributed by atoms with Gasteiger partial charge in [-0.15, -0.1) is 0 Å². The average molecular weight is 429 g/mol. The van der Waals surface area contributed by atoms with Gasteiger partial charge in [0, 0.05) is 12.0 Å². The van der Waals surface area contributed by atoms with Crippen LogP contribution < -0.4 is 4.74 Å². The molecule has 1 nitrogen and oxygen atoms in total. The molecular formula is C27H31F3O. The maximum atomic E-state index is 16.1. The molecular weight excluding hydrogens is 397 g/mol. The summed E-state index contributed by atoms with van der Waals surface area (Å²) < 4.78 is 49.0. The molecule has 0 N–H and O–H groups in total. The molecule has 0 saturated heterocycles. The van der Waals surface area contributed by atoms with Crippen LogP contribution in [0, 0.1) is 11.6 Å². The van der Waals surface area contributed by atoms with E-state index in [0.29, 0.717) is 29.1 Å². The minimum atomic E-state index is -1.81. The average Bonchev–Trinajstić information content (AvgIpc) is 2.78. The molecule has 1 atom stereocenters. The highest BCUT2D eigenvalue weighted by Gasteiger charge is 2.37. The molecule has 1 unspecified atom stereocenters. The molecule has 0 aliphatic heterocycles. The minimum Gasteiger partial charge on any atom is -0.494 e. The molecule has 166 valence electrons. The van der Waals surface area contributed by atoms with Crippen LogP contribution >= 0.6 is 0 Å². The number of unbranched alkanes of at least 4 members (excludes halogenated alkanes) is 6. The van der Waals surface area contributed by atoms with Gasteiger partial charge in [-0.3, -0.25) is 0 Å². The third-order valence-corrected chi connectivity index (χ3v) is 5.78. The van der Waals surface area contributed by atoms with Gasteiger partial charge < -0.3 is 4.74 Å². The first-order valence-electron chi connectivity index (χ1n) is 11.3. The number of ether oxygens (including phenoxy) is 1. The second kappa shape index (κ2) is 11.2. The van der Waals surface area contributed by atoms with Crippen molar-refractivity contribution in [3.05, 3.63) is 83.5 Å². The number of rotatable bonds is 11. The van der Waals surface area contributed by atoms with Crippen molar-refractivity contribution in [1.29, 1.82) is 0 Å². The quantitative estimate of drug-likeness (QED) is 0.327. The summed E-state index contributed by atoms with van der Waals surface area (Å²) >= 11 is 0. The van der Waals surface area contributed by atoms with Gasteiger partial charge in [0.25, 0.3) is 0 Å². The van der Waals surface area contributed by atoms with Crippen molar-refractivity contribution in [1.82, 2.24) is 0 Å². The van der Waals surface area contributed by atoms with Gasteiger partial charge in [0.15, 0.2) is 17.3 Å². The van der Waals surface area contributed by atoms with E-state index in [2.05, 4.69) is 6.92 Å². The summed E-state index contributed by atoms with van der Waals surface area (Å²) in [5.41, 5.74) is -0.678. The molecule has 3 rings (SSSR count). The second-order valence-electron chi connectivity index (χ2n) is 8.14. The maximum absolute atomic E-state index is 16.1. The fraction of sp³-hybridized carbons (Fsp3) is 0.407. The van der Waals surface area contributed by atoms with Crippen molar-refractivity contribution in [3.8, 4) is 5.75 Å². The molecule has 2 aromatic rings. The number of benzene rings is 2. The highest BCUT2D eigenvalue weighted by atomic mass is 19.2. The highest BCUT2D eigenvalue weighted by Crippen LogP contribution is 2.45. The summed E-state index contributed by atoms with van der Waals surface area (Å²) in [6.07, 6.45) is 13.8. The molecule has 0 spiro atoms. The van der Waals surface area contributed by atoms with Gasteiger partial charge >= 0.3 is 0 Å². The van der Waals surface area contributed by atoms with Crippen molar-refractivity contribution >= 4 is 5.57 Å². The van der Waals surface area contributed by atoms with Gasteiger partial charge in [-0.25, -0.2) is 13.2 Å². The summed E-state index contributed by atoms with van der Waals surface area (Å²) in [6, 6.07) is 10.5. The normalized spacial score (nSPS) is 18.1. The van der Waals surface area contributed by atoms with Crippen molar-refractivity contribution in [2.45, 2.75) is 64.0 Å². The van der Waals surface area contributed by atoms with Crippen molar-refractivity contribution < 1.29 is 17.9 Å². The standard InChI is InChI=1S/C27H31F3O/c1-2-3-4-5-6-7-10-19-31-23-15-13-22(14-16-23)27(30)18-9-8-11-24(27)21-12-17-25(28)26(29)20-21/h8-9,11-17,20H,2-7,10,18-19H2,1H3. The minimum absolute atomic E-state index is 0.135. The molecule has 2 aromatic carbocycles. The molecule has 1 aliphatic rings. The lowest BCUT2D eigenvalue weighted by Gasteiger charge is -2.30. The Morgan fingerprint density at radius 2 is 1.58 bits per heavy atom. The van der Waals surface area contributed by atoms with E-state index in [1.807, 2.05) is 0 Å². The van der Waals surface area contributed by atoms with Gasteiger partial charge in [-0.2, -0.15) is 0 Å². The van der Waals surface area contributed by atoms with Gasteiger partial charge in [-0.1, -0.05) is 81.9 Å². The number of hydrogen-bond acceptors (Lipinski definition) is 1. The van der Waals surface area contributed by atoms with E-state index in [4.69, 9.17) is 4.74 Å². The first-order valence-corrected chi connectivity index (χ1v) is 11.3. The summed E-state index contributed by atoms with van der Waals surface area (Å²) in [5.74, 6) is -1.21. The SMILES string of the molecule is CCCCCCCCCOc1ccc(C2(F)CC=CC=C2c2ccc(F)c(F)c2)cc1. The Hall–Kier alpha value is -2.49. The number of alkyl halides is 1. The van der Waals surface area contributed by atoms with E-state index < -0.39 is 17.3 Å². The van der Waals surface area contributed by atoms with Crippen LogP contribution in [0.25, 0.3) is 5.57 Å². The summed E-state index contributed by atoms with van der Waals surface area (Å²) in [5, 5.41) is 0. The van der Waals surface area contributed by atoms with E-state index in [1.54, 1.807) is 42.5 Å². The van der Waals surface area contributed by atoms with Gasteiger partial charge in [-0.05, 0) is 41.8 Å². The first kappa shape index (κ1) is 23.2. The Morgan fingerprint density at radius 1 is 0.871 bits per heavy atom. The second-order valence-corrected chi connectivity index (χ2v) is 8.14. The molecule has 0 fully saturated rings. The third-order valence-electron chi connectivity index (χ3n) is 5.78. The molecule has 0 amide bonds. The van der Waals surface area contributed by atoms with Crippen molar-refractivity contribution in [2.75, 3.05) is 6.61 Å². The molecule has 4 heteroatoms. The lowest BCUT2D eigenvalue weighted by Crippen LogP contribution is -2.23. The summed E-state index contributed by atoms with van der Waals surface area (Å²) in [4.78, 5) is 0. The van der Waals surface area contributed by atoms with Crippen molar-refractivity contribution in [3.63, 3.8) is 0 Å². The largest absolute Gasteiger partial charge is 0.494 e. The van der Waals surface area contributed by atoms with Gasteiger partial charge in [0.1, 0.15) is 5.75 Å². The molecule has 0 bridgehead atoms. The molecule has 0 saturated carbocycles. The zero-order valence-electron chi connectivity index (χ0n) is 18.2. The zero-order chi connectivity index (χ0) is 22.1. The Kier molecular flexibility index (Phi) is 8.39. The van der Waals surface area contributed by atoms with Crippen LogP contribution in [0.2, 0.25) is 0 Å². The lowest BCUT2D eigenvalue weighted by molar-refractivity contribution is 0.249. The van der Waals surface area contributed by atoms with E-state index in [0.717, 1.165) is 25.0 Å². The fourth-order valence-electron chi connectivity index (χ4n) is 3.96. The summed E-state index contributed by atoms with van der Waals surface area (Å²) in [6.45, 7) is 2.87. The summed E-state index contributed by atoms with van der Waals surface area (Å²) in [7, 11) is 0. The molecule has 0 radical (unpaired) electrons. The van der Waals surface area contributed by atoms with Crippen LogP contribution in [0.5, 0.6) is 5.75 Å². The van der Waals surface area contributed by atoms with Crippen LogP contribution in [0.15, 0.2) is 60.7 Å². The Labute approximate surface area is 183 Å². The Morgan fingerprint density at radius 3 is 2.29 bits per heavy atom. The van der Waals surface area contributed by atoms with Gasteiger partial charge in [0.05, 0.1) is 6.61 Å². The number of halogens is 3. The lowest BCUT2D eigenvalue weighted by atomic mass is 9.79. The highest BCUT2D eigenvalue weighted by molar-refractivity contribution is 5.76. The molecule has 31 heavy (non-hydrogen) atoms. The Balaban J connectivity index is 1.60. The van der Waals surface area contributed by atoms with E-state index in [-0.39, 0.29) is 6.42 Å². The Bertz CT molecular complexity index is 901. The number of hydrogen-bond donors (Lipinski definition) is 0. The smallest absolute Gasteiger partial charge is 0.165 e. The van der Waals surface area contributed by atoms with Crippen LogP contribution in [0.4, 0.5) is 13.2 Å². The maximum Gasteiger partial charge on any atom is 0.165 e. The first-order chi connectivity index (χ1) is 15.0. The topological polar surface area (TPSA) is 9.23 Å². The fourth-order valence-corrected chi connectivity index (χ4v) is 3.96. The van der Waals surface area contributed by atoms with E-state index in [1.165, 1.54) is 38.2 Å².